The van der Waals surface area contributed by atoms with Crippen LogP contribution in [0.15, 0.2) is 24.8 Å². The standard InChI is InChI=1S/C17H23N7O/c1-3-23-10-14(9-19-23)13-4-6-22(7-5-13)16-8-15(11-25-2)21-17-18-12-20-24(16)17/h8-10,12-13H,3-7,11H2,1-2H3. The first kappa shape index (κ1) is 16.0. The lowest BCUT2D eigenvalue weighted by atomic mass is 9.91. The molecule has 1 aliphatic heterocycles. The molecule has 25 heavy (non-hydrogen) atoms. The molecule has 1 saturated heterocycles. The maximum atomic E-state index is 5.24. The first-order valence-electron chi connectivity index (χ1n) is 8.74. The van der Waals surface area contributed by atoms with E-state index in [0.29, 0.717) is 18.3 Å². The second kappa shape index (κ2) is 6.79. The van der Waals surface area contributed by atoms with Crippen molar-refractivity contribution in [3.05, 3.63) is 36.0 Å². The van der Waals surface area contributed by atoms with Crippen molar-refractivity contribution in [2.75, 3.05) is 25.1 Å². The van der Waals surface area contributed by atoms with Crippen molar-refractivity contribution < 1.29 is 4.74 Å². The smallest absolute Gasteiger partial charge is 0.254 e. The van der Waals surface area contributed by atoms with E-state index >= 15 is 0 Å². The summed E-state index contributed by atoms with van der Waals surface area (Å²) < 4.78 is 9.05. The van der Waals surface area contributed by atoms with Gasteiger partial charge in [0.2, 0.25) is 0 Å². The lowest BCUT2D eigenvalue weighted by molar-refractivity contribution is 0.181. The Morgan fingerprint density at radius 3 is 2.80 bits per heavy atom. The summed E-state index contributed by atoms with van der Waals surface area (Å²) in [6, 6.07) is 2.06. The summed E-state index contributed by atoms with van der Waals surface area (Å²) in [6.45, 7) is 5.47. The van der Waals surface area contributed by atoms with Crippen LogP contribution >= 0.6 is 0 Å². The van der Waals surface area contributed by atoms with E-state index in [-0.39, 0.29) is 0 Å². The van der Waals surface area contributed by atoms with Crippen LogP contribution in [0.25, 0.3) is 5.78 Å². The Balaban J connectivity index is 1.54. The predicted octanol–water partition coefficient (Wildman–Crippen LogP) is 1.87. The summed E-state index contributed by atoms with van der Waals surface area (Å²) >= 11 is 0. The summed E-state index contributed by atoms with van der Waals surface area (Å²) in [5.41, 5.74) is 2.23. The predicted molar refractivity (Wildman–Crippen MR) is 93.6 cm³/mol. The van der Waals surface area contributed by atoms with Gasteiger partial charge in [0.05, 0.1) is 18.5 Å². The van der Waals surface area contributed by atoms with Crippen molar-refractivity contribution in [1.82, 2.24) is 29.4 Å². The van der Waals surface area contributed by atoms with Crippen molar-refractivity contribution in [2.24, 2.45) is 0 Å². The first-order chi connectivity index (χ1) is 12.3. The van der Waals surface area contributed by atoms with Gasteiger partial charge in [0.15, 0.2) is 0 Å². The lowest BCUT2D eigenvalue weighted by Crippen LogP contribution is -2.34. The second-order valence-corrected chi connectivity index (χ2v) is 6.40. The highest BCUT2D eigenvalue weighted by Crippen LogP contribution is 2.30. The molecule has 132 valence electrons. The number of methoxy groups -OCH3 is 1. The number of piperidine rings is 1. The highest BCUT2D eigenvalue weighted by molar-refractivity contribution is 5.47. The average Bonchev–Trinajstić information content (AvgIpc) is 3.30. The van der Waals surface area contributed by atoms with Gasteiger partial charge in [-0.1, -0.05) is 0 Å². The van der Waals surface area contributed by atoms with Gasteiger partial charge >= 0.3 is 0 Å². The fourth-order valence-corrected chi connectivity index (χ4v) is 3.50. The first-order valence-corrected chi connectivity index (χ1v) is 8.74. The fourth-order valence-electron chi connectivity index (χ4n) is 3.50. The zero-order valence-corrected chi connectivity index (χ0v) is 14.7. The van der Waals surface area contributed by atoms with Gasteiger partial charge in [-0.3, -0.25) is 4.68 Å². The van der Waals surface area contributed by atoms with E-state index in [1.165, 1.54) is 5.56 Å². The van der Waals surface area contributed by atoms with E-state index in [0.717, 1.165) is 44.0 Å². The molecular weight excluding hydrogens is 318 g/mol. The Morgan fingerprint density at radius 1 is 1.24 bits per heavy atom. The van der Waals surface area contributed by atoms with Gasteiger partial charge in [0, 0.05) is 39.0 Å². The van der Waals surface area contributed by atoms with E-state index in [9.17, 15) is 0 Å². The van der Waals surface area contributed by atoms with Gasteiger partial charge in [-0.2, -0.15) is 19.7 Å². The van der Waals surface area contributed by atoms with Gasteiger partial charge in [-0.05, 0) is 31.2 Å². The number of nitrogens with zero attached hydrogens (tertiary/aromatic N) is 7. The molecule has 0 saturated carbocycles. The molecule has 8 nitrogen and oxygen atoms in total. The van der Waals surface area contributed by atoms with Crippen LogP contribution < -0.4 is 4.90 Å². The Bertz CT molecular complexity index is 848. The molecule has 0 N–H and O–H groups in total. The minimum absolute atomic E-state index is 0.475. The monoisotopic (exact) mass is 341 g/mol. The van der Waals surface area contributed by atoms with Crippen LogP contribution in [0.4, 0.5) is 5.82 Å². The van der Waals surface area contributed by atoms with Gasteiger partial charge in [-0.25, -0.2) is 4.98 Å². The van der Waals surface area contributed by atoms with Crippen LogP contribution in [0.3, 0.4) is 0 Å². The summed E-state index contributed by atoms with van der Waals surface area (Å²) in [5.74, 6) is 2.23. The van der Waals surface area contributed by atoms with E-state index < -0.39 is 0 Å². The molecule has 1 fully saturated rings. The SMILES string of the molecule is CCn1cc(C2CCN(c3cc(COC)nc4ncnn34)CC2)cn1. The van der Waals surface area contributed by atoms with Crippen LogP contribution in [0, 0.1) is 0 Å². The number of hydrogen-bond donors (Lipinski definition) is 0. The minimum Gasteiger partial charge on any atom is -0.378 e. The maximum Gasteiger partial charge on any atom is 0.254 e. The molecule has 0 aromatic carbocycles. The van der Waals surface area contributed by atoms with Gasteiger partial charge < -0.3 is 9.64 Å². The molecule has 0 bridgehead atoms. The molecule has 3 aromatic heterocycles. The van der Waals surface area contributed by atoms with Gasteiger partial charge in [0.25, 0.3) is 5.78 Å². The molecule has 0 aliphatic carbocycles. The Morgan fingerprint density at radius 2 is 2.08 bits per heavy atom. The zero-order valence-electron chi connectivity index (χ0n) is 14.7. The molecule has 0 spiro atoms. The third kappa shape index (κ3) is 3.09. The van der Waals surface area contributed by atoms with Crippen LogP contribution in [-0.2, 0) is 17.9 Å². The fraction of sp³-hybridized carbons (Fsp3) is 0.529. The summed E-state index contributed by atoms with van der Waals surface area (Å²) in [4.78, 5) is 11.1. The minimum atomic E-state index is 0.475. The quantitative estimate of drug-likeness (QED) is 0.705. The second-order valence-electron chi connectivity index (χ2n) is 6.40. The topological polar surface area (TPSA) is 73.4 Å². The Kier molecular flexibility index (Phi) is 4.35. The van der Waals surface area contributed by atoms with Gasteiger partial charge in [0.1, 0.15) is 12.1 Å². The maximum absolute atomic E-state index is 5.24. The highest BCUT2D eigenvalue weighted by atomic mass is 16.5. The number of aromatic nitrogens is 6. The molecule has 0 radical (unpaired) electrons. The molecule has 3 aromatic rings. The number of anilines is 1. The summed E-state index contributed by atoms with van der Waals surface area (Å²) in [6.07, 6.45) is 7.96. The third-order valence-electron chi connectivity index (χ3n) is 4.85. The molecular formula is C17H23N7O. The van der Waals surface area contributed by atoms with Crippen molar-refractivity contribution in [1.29, 1.82) is 0 Å². The van der Waals surface area contributed by atoms with Crippen LogP contribution in [0.2, 0.25) is 0 Å². The normalized spacial score (nSPS) is 16.0. The van der Waals surface area contributed by atoms with E-state index in [1.807, 2.05) is 15.4 Å². The van der Waals surface area contributed by atoms with Gasteiger partial charge in [-0.15, -0.1) is 0 Å². The van der Waals surface area contributed by atoms with Crippen molar-refractivity contribution in [2.45, 2.75) is 38.8 Å². The highest BCUT2D eigenvalue weighted by Gasteiger charge is 2.24. The van der Waals surface area contributed by atoms with E-state index in [1.54, 1.807) is 13.4 Å². The molecule has 8 heteroatoms. The van der Waals surface area contributed by atoms with Crippen molar-refractivity contribution in [3.8, 4) is 0 Å². The van der Waals surface area contributed by atoms with Crippen LogP contribution in [0.5, 0.6) is 0 Å². The molecule has 0 unspecified atom stereocenters. The Labute approximate surface area is 146 Å². The number of ether oxygens (including phenoxy) is 1. The number of hydrogen-bond acceptors (Lipinski definition) is 6. The molecule has 0 amide bonds. The third-order valence-corrected chi connectivity index (χ3v) is 4.85. The van der Waals surface area contributed by atoms with Crippen LogP contribution in [0.1, 0.15) is 36.9 Å². The number of fused-ring (bicyclic) bond motifs is 1. The van der Waals surface area contributed by atoms with Crippen molar-refractivity contribution >= 4 is 11.6 Å². The molecule has 4 heterocycles. The van der Waals surface area contributed by atoms with E-state index in [4.69, 9.17) is 4.74 Å². The largest absolute Gasteiger partial charge is 0.378 e. The molecule has 0 atom stereocenters. The van der Waals surface area contributed by atoms with E-state index in [2.05, 4.69) is 44.3 Å². The summed E-state index contributed by atoms with van der Waals surface area (Å²) in [5, 5.41) is 8.75. The van der Waals surface area contributed by atoms with Crippen molar-refractivity contribution in [3.63, 3.8) is 0 Å². The lowest BCUT2D eigenvalue weighted by Gasteiger charge is -2.33. The molecule has 1 aliphatic rings. The summed E-state index contributed by atoms with van der Waals surface area (Å²) in [7, 11) is 1.68. The number of rotatable bonds is 5. The Hall–Kier alpha value is -2.48. The zero-order chi connectivity index (χ0) is 17.2. The molecule has 4 rings (SSSR count). The van der Waals surface area contributed by atoms with Crippen LogP contribution in [-0.4, -0.2) is 49.6 Å². The average molecular weight is 341 g/mol. The number of aryl methyl sites for hydroxylation is 1.